The summed E-state index contributed by atoms with van der Waals surface area (Å²) in [7, 11) is 0. The van der Waals surface area contributed by atoms with Crippen LogP contribution in [0.4, 0.5) is 5.13 Å². The molecule has 130 valence electrons. The Balaban J connectivity index is 1.50. The maximum absolute atomic E-state index is 12.7. The first-order chi connectivity index (χ1) is 12.0. The quantitative estimate of drug-likeness (QED) is 0.873. The number of nitrogens with zero attached hydrogens (tertiary/aromatic N) is 1. The summed E-state index contributed by atoms with van der Waals surface area (Å²) in [6.45, 7) is 2.03. The van der Waals surface area contributed by atoms with Crippen molar-refractivity contribution in [1.82, 2.24) is 4.98 Å². The molecule has 0 spiro atoms. The van der Waals surface area contributed by atoms with E-state index in [-0.39, 0.29) is 17.7 Å². The summed E-state index contributed by atoms with van der Waals surface area (Å²) in [5, 5.41) is 14.8. The largest absolute Gasteiger partial charge is 0.481 e. The SMILES string of the molecule is Cc1ccc(-c2csc(NC(=O)[C@@H]3[C@H]4CC[C@@H](C4)[C@H]3C(=O)O)n2)cc1. The van der Waals surface area contributed by atoms with Crippen molar-refractivity contribution in [3.63, 3.8) is 0 Å². The van der Waals surface area contributed by atoms with Crippen LogP contribution in [0.5, 0.6) is 0 Å². The highest BCUT2D eigenvalue weighted by atomic mass is 32.1. The van der Waals surface area contributed by atoms with Crippen LogP contribution in [0.1, 0.15) is 24.8 Å². The minimum absolute atomic E-state index is 0.151. The van der Waals surface area contributed by atoms with Gasteiger partial charge in [0.15, 0.2) is 5.13 Å². The number of hydrogen-bond donors (Lipinski definition) is 2. The van der Waals surface area contributed by atoms with Gasteiger partial charge in [0.2, 0.25) is 5.91 Å². The third kappa shape index (κ3) is 2.95. The Kier molecular flexibility index (Phi) is 4.07. The summed E-state index contributed by atoms with van der Waals surface area (Å²) in [6.07, 6.45) is 2.75. The van der Waals surface area contributed by atoms with Crippen LogP contribution in [0.3, 0.4) is 0 Å². The van der Waals surface area contributed by atoms with Gasteiger partial charge in [-0.2, -0.15) is 0 Å². The number of rotatable bonds is 4. The molecule has 2 aliphatic rings. The Morgan fingerprint density at radius 1 is 1.16 bits per heavy atom. The summed E-state index contributed by atoms with van der Waals surface area (Å²) in [4.78, 5) is 28.8. The second-order valence-corrected chi connectivity index (χ2v) is 7.97. The molecule has 2 saturated carbocycles. The van der Waals surface area contributed by atoms with E-state index >= 15 is 0 Å². The number of benzene rings is 1. The fourth-order valence-electron chi connectivity index (χ4n) is 4.40. The van der Waals surface area contributed by atoms with Crippen molar-refractivity contribution in [2.75, 3.05) is 5.32 Å². The van der Waals surface area contributed by atoms with Gasteiger partial charge in [0.05, 0.1) is 17.5 Å². The molecule has 4 atom stereocenters. The minimum atomic E-state index is -0.841. The van der Waals surface area contributed by atoms with Crippen molar-refractivity contribution in [3.8, 4) is 11.3 Å². The zero-order valence-electron chi connectivity index (χ0n) is 13.9. The van der Waals surface area contributed by atoms with Crippen LogP contribution in [-0.2, 0) is 9.59 Å². The smallest absolute Gasteiger partial charge is 0.307 e. The van der Waals surface area contributed by atoms with Crippen molar-refractivity contribution in [1.29, 1.82) is 0 Å². The van der Waals surface area contributed by atoms with Crippen LogP contribution in [0.2, 0.25) is 0 Å². The Morgan fingerprint density at radius 3 is 2.52 bits per heavy atom. The summed E-state index contributed by atoms with van der Waals surface area (Å²) in [5.41, 5.74) is 3.01. The highest BCUT2D eigenvalue weighted by molar-refractivity contribution is 7.14. The summed E-state index contributed by atoms with van der Waals surface area (Å²) in [6, 6.07) is 8.07. The maximum atomic E-state index is 12.7. The van der Waals surface area contributed by atoms with Gasteiger partial charge in [-0.1, -0.05) is 29.8 Å². The highest BCUT2D eigenvalue weighted by Crippen LogP contribution is 2.52. The highest BCUT2D eigenvalue weighted by Gasteiger charge is 2.54. The second-order valence-electron chi connectivity index (χ2n) is 7.12. The van der Waals surface area contributed by atoms with E-state index in [1.54, 1.807) is 0 Å². The molecule has 1 aromatic carbocycles. The van der Waals surface area contributed by atoms with Crippen LogP contribution in [0.25, 0.3) is 11.3 Å². The zero-order valence-corrected chi connectivity index (χ0v) is 14.8. The van der Waals surface area contributed by atoms with Gasteiger partial charge in [-0.15, -0.1) is 11.3 Å². The number of amides is 1. The number of carboxylic acid groups (broad SMARTS) is 1. The van der Waals surface area contributed by atoms with Gasteiger partial charge in [0.25, 0.3) is 0 Å². The Bertz CT molecular complexity index is 814. The molecule has 25 heavy (non-hydrogen) atoms. The molecular formula is C19H20N2O3S. The Labute approximate surface area is 150 Å². The monoisotopic (exact) mass is 356 g/mol. The Hall–Kier alpha value is -2.21. The first kappa shape index (κ1) is 16.3. The van der Waals surface area contributed by atoms with Gasteiger partial charge >= 0.3 is 5.97 Å². The average Bonchev–Trinajstić information content (AvgIpc) is 3.30. The third-order valence-corrected chi connectivity index (χ3v) is 6.34. The lowest BCUT2D eigenvalue weighted by atomic mass is 9.79. The first-order valence-corrected chi connectivity index (χ1v) is 9.47. The van der Waals surface area contributed by atoms with Gasteiger partial charge < -0.3 is 10.4 Å². The number of carbonyl (C=O) groups excluding carboxylic acids is 1. The molecule has 0 aliphatic heterocycles. The van der Waals surface area contributed by atoms with Gasteiger partial charge in [-0.05, 0) is 38.0 Å². The van der Waals surface area contributed by atoms with Crippen LogP contribution in [0, 0.1) is 30.6 Å². The fraction of sp³-hybridized carbons (Fsp3) is 0.421. The number of nitrogens with one attached hydrogen (secondary N) is 1. The zero-order chi connectivity index (χ0) is 17.6. The van der Waals surface area contributed by atoms with Gasteiger partial charge in [-0.25, -0.2) is 4.98 Å². The average molecular weight is 356 g/mol. The van der Waals surface area contributed by atoms with E-state index in [1.165, 1.54) is 16.9 Å². The molecule has 1 amide bonds. The van der Waals surface area contributed by atoms with Crippen molar-refractivity contribution in [2.24, 2.45) is 23.7 Å². The van der Waals surface area contributed by atoms with E-state index in [0.717, 1.165) is 30.5 Å². The maximum Gasteiger partial charge on any atom is 0.307 e. The van der Waals surface area contributed by atoms with Crippen molar-refractivity contribution >= 4 is 28.3 Å². The molecule has 2 aromatic rings. The molecule has 2 bridgehead atoms. The molecule has 4 rings (SSSR count). The van der Waals surface area contributed by atoms with E-state index in [9.17, 15) is 14.7 Å². The number of carboxylic acids is 1. The normalized spacial score (nSPS) is 27.4. The topological polar surface area (TPSA) is 79.3 Å². The lowest BCUT2D eigenvalue weighted by Crippen LogP contribution is -2.37. The van der Waals surface area contributed by atoms with Gasteiger partial charge in [0.1, 0.15) is 0 Å². The number of aryl methyl sites for hydroxylation is 1. The van der Waals surface area contributed by atoms with E-state index in [2.05, 4.69) is 10.3 Å². The van der Waals surface area contributed by atoms with E-state index in [4.69, 9.17) is 0 Å². The van der Waals surface area contributed by atoms with Crippen LogP contribution >= 0.6 is 11.3 Å². The summed E-state index contributed by atoms with van der Waals surface area (Å²) < 4.78 is 0. The third-order valence-electron chi connectivity index (χ3n) is 5.59. The van der Waals surface area contributed by atoms with Crippen LogP contribution in [0.15, 0.2) is 29.6 Å². The van der Waals surface area contributed by atoms with Crippen molar-refractivity contribution < 1.29 is 14.7 Å². The molecule has 2 N–H and O–H groups in total. The van der Waals surface area contributed by atoms with Crippen molar-refractivity contribution in [2.45, 2.75) is 26.2 Å². The molecule has 1 aromatic heterocycles. The van der Waals surface area contributed by atoms with E-state index in [1.807, 2.05) is 36.6 Å². The predicted molar refractivity (Wildman–Crippen MR) is 96.4 cm³/mol. The first-order valence-electron chi connectivity index (χ1n) is 8.59. The van der Waals surface area contributed by atoms with E-state index in [0.29, 0.717) is 5.13 Å². The molecule has 0 radical (unpaired) electrons. The molecule has 2 fully saturated rings. The summed E-state index contributed by atoms with van der Waals surface area (Å²) in [5.74, 6) is -1.66. The van der Waals surface area contributed by atoms with Crippen LogP contribution < -0.4 is 5.32 Å². The Morgan fingerprint density at radius 2 is 1.84 bits per heavy atom. The molecule has 1 heterocycles. The van der Waals surface area contributed by atoms with Gasteiger partial charge in [-0.3, -0.25) is 9.59 Å². The molecule has 0 saturated heterocycles. The number of hydrogen-bond acceptors (Lipinski definition) is 4. The molecule has 5 nitrogen and oxygen atoms in total. The molecule has 0 unspecified atom stereocenters. The van der Waals surface area contributed by atoms with Gasteiger partial charge in [0, 0.05) is 10.9 Å². The summed E-state index contributed by atoms with van der Waals surface area (Å²) >= 11 is 1.37. The number of anilines is 1. The van der Waals surface area contributed by atoms with Crippen molar-refractivity contribution in [3.05, 3.63) is 35.2 Å². The predicted octanol–water partition coefficient (Wildman–Crippen LogP) is 3.80. The number of thiazole rings is 1. The van der Waals surface area contributed by atoms with E-state index < -0.39 is 17.8 Å². The number of fused-ring (bicyclic) bond motifs is 2. The lowest BCUT2D eigenvalue weighted by molar-refractivity contribution is -0.148. The second kappa shape index (κ2) is 6.26. The number of aromatic nitrogens is 1. The molecule has 2 aliphatic carbocycles. The fourth-order valence-corrected chi connectivity index (χ4v) is 5.12. The number of aliphatic carboxylic acids is 1. The standard InChI is InChI=1S/C19H20N2O3S/c1-10-2-4-11(5-3-10)14-9-25-19(20-14)21-17(22)15-12-6-7-13(8-12)16(15)18(23)24/h2-5,9,12-13,15-16H,6-8H2,1H3,(H,23,24)(H,20,21,22)/t12-,13-,15+,16+/m0/s1. The van der Waals surface area contributed by atoms with Crippen LogP contribution in [-0.4, -0.2) is 22.0 Å². The molecule has 6 heteroatoms. The number of carbonyl (C=O) groups is 2. The lowest BCUT2D eigenvalue weighted by Gasteiger charge is -2.26. The minimum Gasteiger partial charge on any atom is -0.481 e. The molecular weight excluding hydrogens is 336 g/mol.